The molecule has 7 nitrogen and oxygen atoms in total. The van der Waals surface area contributed by atoms with E-state index in [-0.39, 0.29) is 34.6 Å². The van der Waals surface area contributed by atoms with Crippen LogP contribution in [0, 0.1) is 0 Å². The quantitative estimate of drug-likeness (QED) is 0.428. The lowest BCUT2D eigenvalue weighted by Crippen LogP contribution is -2.25. The third kappa shape index (κ3) is 5.03. The summed E-state index contributed by atoms with van der Waals surface area (Å²) in [5, 5.41) is 29.5. The highest BCUT2D eigenvalue weighted by Crippen LogP contribution is 2.35. The molecule has 1 amide bonds. The smallest absolute Gasteiger partial charge is 0.209 e. The lowest BCUT2D eigenvalue weighted by atomic mass is 9.85. The lowest BCUT2D eigenvalue weighted by Gasteiger charge is -2.20. The van der Waals surface area contributed by atoms with Crippen LogP contribution >= 0.6 is 0 Å². The molecule has 1 aromatic carbocycles. The Bertz CT molecular complexity index is 772. The minimum atomic E-state index is -1.13. The van der Waals surface area contributed by atoms with E-state index in [9.17, 15) is 29.7 Å². The highest BCUT2D eigenvalue weighted by Gasteiger charge is 2.33. The summed E-state index contributed by atoms with van der Waals surface area (Å²) in [6.07, 6.45) is 2.59. The third-order valence-corrected chi connectivity index (χ3v) is 3.50. The van der Waals surface area contributed by atoms with Crippen LogP contribution in [0.4, 0.5) is 0 Å². The first-order valence-corrected chi connectivity index (χ1v) is 7.88. The monoisotopic (exact) mass is 361 g/mol. The Kier molecular flexibility index (Phi) is 7.28. The van der Waals surface area contributed by atoms with Gasteiger partial charge in [-0.05, 0) is 38.5 Å². The van der Waals surface area contributed by atoms with Gasteiger partial charge in [0.05, 0.1) is 17.2 Å². The number of phenolic OH excluding ortho intramolecular Hbond substituents is 2. The van der Waals surface area contributed by atoms with Crippen LogP contribution in [0.1, 0.15) is 41.0 Å². The van der Waals surface area contributed by atoms with E-state index < -0.39 is 17.7 Å². The van der Waals surface area contributed by atoms with Crippen LogP contribution in [0.2, 0.25) is 0 Å². The SMILES string of the molecule is CC(C)=CC[C@@H](O)C1=CC(=O)c2c(O)ccc(O)c2C1=O.CN(C)C=O. The zero-order valence-corrected chi connectivity index (χ0v) is 15.2. The molecule has 0 heterocycles. The zero-order valence-electron chi connectivity index (χ0n) is 15.2. The van der Waals surface area contributed by atoms with Gasteiger partial charge in [-0.25, -0.2) is 0 Å². The minimum absolute atomic E-state index is 0.0779. The van der Waals surface area contributed by atoms with E-state index in [0.717, 1.165) is 30.2 Å². The first-order chi connectivity index (χ1) is 12.1. The molecule has 0 spiro atoms. The predicted molar refractivity (Wildman–Crippen MR) is 96.3 cm³/mol. The van der Waals surface area contributed by atoms with Crippen molar-refractivity contribution in [2.24, 2.45) is 0 Å². The van der Waals surface area contributed by atoms with Crippen LogP contribution in [0.25, 0.3) is 0 Å². The van der Waals surface area contributed by atoms with Crippen LogP contribution in [0.15, 0.2) is 35.4 Å². The number of amides is 1. The van der Waals surface area contributed by atoms with Gasteiger partial charge in [-0.1, -0.05) is 11.6 Å². The van der Waals surface area contributed by atoms with Crippen LogP contribution in [0.3, 0.4) is 0 Å². The molecule has 7 heteroatoms. The minimum Gasteiger partial charge on any atom is -0.507 e. The molecule has 26 heavy (non-hydrogen) atoms. The average molecular weight is 361 g/mol. The number of rotatable bonds is 4. The van der Waals surface area contributed by atoms with Gasteiger partial charge < -0.3 is 20.2 Å². The summed E-state index contributed by atoms with van der Waals surface area (Å²) in [6.45, 7) is 3.71. The number of Topliss-reactive ketones (excluding diaryl/α,β-unsaturated/α-hetero) is 1. The van der Waals surface area contributed by atoms with Crippen molar-refractivity contribution in [3.63, 3.8) is 0 Å². The van der Waals surface area contributed by atoms with Crippen molar-refractivity contribution in [2.45, 2.75) is 26.4 Å². The van der Waals surface area contributed by atoms with E-state index in [1.54, 1.807) is 20.2 Å². The van der Waals surface area contributed by atoms with Crippen molar-refractivity contribution < 1.29 is 29.7 Å². The fourth-order valence-electron chi connectivity index (χ4n) is 2.21. The Balaban J connectivity index is 0.000000597. The molecule has 0 aliphatic heterocycles. The number of hydrogen-bond donors (Lipinski definition) is 3. The topological polar surface area (TPSA) is 115 Å². The molecule has 0 saturated heterocycles. The normalized spacial score (nSPS) is 13.7. The van der Waals surface area contributed by atoms with Crippen molar-refractivity contribution >= 4 is 18.0 Å². The number of ketones is 2. The second-order valence-electron chi connectivity index (χ2n) is 6.25. The molecule has 0 saturated carbocycles. The lowest BCUT2D eigenvalue weighted by molar-refractivity contribution is -0.115. The van der Waals surface area contributed by atoms with Crippen LogP contribution in [-0.4, -0.2) is 58.4 Å². The molecule has 1 aromatic rings. The van der Waals surface area contributed by atoms with Crippen LogP contribution in [0.5, 0.6) is 11.5 Å². The van der Waals surface area contributed by atoms with E-state index in [2.05, 4.69) is 0 Å². The number of fused-ring (bicyclic) bond motifs is 1. The molecular formula is C19H23NO6. The van der Waals surface area contributed by atoms with Gasteiger partial charge in [0.25, 0.3) is 0 Å². The molecule has 0 aromatic heterocycles. The van der Waals surface area contributed by atoms with Gasteiger partial charge in [0, 0.05) is 19.7 Å². The van der Waals surface area contributed by atoms with Gasteiger partial charge in [-0.3, -0.25) is 14.4 Å². The molecule has 3 N–H and O–H groups in total. The maximum atomic E-state index is 12.3. The summed E-state index contributed by atoms with van der Waals surface area (Å²) in [4.78, 5) is 35.3. The van der Waals surface area contributed by atoms with Crippen LogP contribution in [-0.2, 0) is 4.79 Å². The number of phenols is 2. The second-order valence-corrected chi connectivity index (χ2v) is 6.25. The Morgan fingerprint density at radius 1 is 1.12 bits per heavy atom. The fraction of sp³-hybridized carbons (Fsp3) is 0.316. The van der Waals surface area contributed by atoms with Crippen molar-refractivity contribution in [2.75, 3.05) is 14.1 Å². The summed E-state index contributed by atoms with van der Waals surface area (Å²) in [7, 11) is 3.38. The number of aromatic hydroxyl groups is 2. The van der Waals surface area contributed by atoms with Gasteiger partial charge in [0.1, 0.15) is 11.5 Å². The Labute approximate surface area is 151 Å². The highest BCUT2D eigenvalue weighted by atomic mass is 16.3. The number of carbonyl (C=O) groups is 3. The number of aliphatic hydroxyl groups is 1. The van der Waals surface area contributed by atoms with Gasteiger partial charge in [0.15, 0.2) is 11.6 Å². The number of nitrogens with zero attached hydrogens (tertiary/aromatic N) is 1. The molecule has 0 bridgehead atoms. The summed E-state index contributed by atoms with van der Waals surface area (Å²) >= 11 is 0. The maximum Gasteiger partial charge on any atom is 0.209 e. The summed E-state index contributed by atoms with van der Waals surface area (Å²) in [5.74, 6) is -2.01. The molecule has 1 aliphatic carbocycles. The van der Waals surface area contributed by atoms with Gasteiger partial charge >= 0.3 is 0 Å². The first-order valence-electron chi connectivity index (χ1n) is 7.88. The average Bonchev–Trinajstić information content (AvgIpc) is 2.58. The van der Waals surface area contributed by atoms with Gasteiger partial charge in [-0.2, -0.15) is 0 Å². The van der Waals surface area contributed by atoms with E-state index in [0.29, 0.717) is 0 Å². The molecule has 1 aliphatic rings. The number of carbonyl (C=O) groups excluding carboxylic acids is 3. The number of allylic oxidation sites excluding steroid dienone is 2. The Morgan fingerprint density at radius 3 is 2.08 bits per heavy atom. The summed E-state index contributed by atoms with van der Waals surface area (Å²) in [6, 6.07) is 2.29. The zero-order chi connectivity index (χ0) is 20.0. The molecule has 2 rings (SSSR count). The van der Waals surface area contributed by atoms with E-state index in [1.165, 1.54) is 4.90 Å². The fourth-order valence-corrected chi connectivity index (χ4v) is 2.21. The predicted octanol–water partition coefficient (Wildman–Crippen LogP) is 1.82. The van der Waals surface area contributed by atoms with Gasteiger partial charge in [-0.15, -0.1) is 0 Å². The molecule has 0 unspecified atom stereocenters. The van der Waals surface area contributed by atoms with Gasteiger partial charge in [0.2, 0.25) is 6.41 Å². The maximum absolute atomic E-state index is 12.3. The number of hydrogen-bond acceptors (Lipinski definition) is 6. The van der Waals surface area contributed by atoms with Crippen LogP contribution < -0.4 is 0 Å². The van der Waals surface area contributed by atoms with Crippen molar-refractivity contribution in [3.05, 3.63) is 46.6 Å². The van der Waals surface area contributed by atoms with Crippen molar-refractivity contribution in [3.8, 4) is 11.5 Å². The Morgan fingerprint density at radius 2 is 1.62 bits per heavy atom. The standard InChI is InChI=1S/C16H16O5.C3H7NO/c1-8(2)3-4-10(17)9-7-13(20)14-11(18)5-6-12(19)15(14)16(9)21;1-4(2)3-5/h3,5-7,10,17-19H,4H2,1-2H3;3H,1-2H3/t10-;/m1./s1. The van der Waals surface area contributed by atoms with Crippen molar-refractivity contribution in [1.29, 1.82) is 0 Å². The Hall–Kier alpha value is -2.93. The van der Waals surface area contributed by atoms with E-state index >= 15 is 0 Å². The molecular weight excluding hydrogens is 338 g/mol. The van der Waals surface area contributed by atoms with Crippen molar-refractivity contribution in [1.82, 2.24) is 4.90 Å². The molecule has 0 radical (unpaired) electrons. The highest BCUT2D eigenvalue weighted by molar-refractivity contribution is 6.26. The largest absolute Gasteiger partial charge is 0.507 e. The second kappa shape index (κ2) is 8.96. The summed E-state index contributed by atoms with van der Waals surface area (Å²) < 4.78 is 0. The molecule has 140 valence electrons. The number of benzene rings is 1. The third-order valence-electron chi connectivity index (χ3n) is 3.50. The first kappa shape index (κ1) is 21.1. The summed E-state index contributed by atoms with van der Waals surface area (Å²) in [5.41, 5.74) is 0.419. The van der Waals surface area contributed by atoms with E-state index in [1.807, 2.05) is 13.8 Å². The van der Waals surface area contributed by atoms with E-state index in [4.69, 9.17) is 0 Å². The molecule has 1 atom stereocenters. The number of aliphatic hydroxyl groups excluding tert-OH is 1. The molecule has 0 fully saturated rings.